The maximum absolute atomic E-state index is 13.3. The van der Waals surface area contributed by atoms with Gasteiger partial charge in [-0.3, -0.25) is 14.0 Å². The summed E-state index contributed by atoms with van der Waals surface area (Å²) in [5.41, 5.74) is 3.54. The smallest absolute Gasteiger partial charge is 0.274 e. The first-order valence-electron chi connectivity index (χ1n) is 10.5. The van der Waals surface area contributed by atoms with Crippen LogP contribution in [0.4, 0.5) is 0 Å². The molecule has 4 heterocycles. The van der Waals surface area contributed by atoms with Crippen molar-refractivity contribution >= 4 is 39.4 Å². The summed E-state index contributed by atoms with van der Waals surface area (Å²) < 4.78 is 1.91. The lowest BCUT2D eigenvalue weighted by molar-refractivity contribution is 0.0451. The molecule has 3 aromatic heterocycles. The number of aromatic nitrogens is 3. The van der Waals surface area contributed by atoms with Crippen molar-refractivity contribution in [2.24, 2.45) is 0 Å². The number of imidazole rings is 1. The Bertz CT molecular complexity index is 1340. The standard InChI is InChI=1S/C23H23N5O2S2/c1-13-5-4-6-16(11-13)20-18(26-15(3)31-20)22(30)28-9-7-17(28)12-25-21(29)19-14(2)27-10-8-24-23(27)32-19/h4-6,8,10-11,17H,7,9,12H2,1-3H3,(H,25,29). The molecular weight excluding hydrogens is 442 g/mol. The van der Waals surface area contributed by atoms with Crippen LogP contribution < -0.4 is 5.32 Å². The van der Waals surface area contributed by atoms with E-state index in [1.807, 2.05) is 54.5 Å². The predicted molar refractivity (Wildman–Crippen MR) is 127 cm³/mol. The monoisotopic (exact) mass is 465 g/mol. The van der Waals surface area contributed by atoms with Gasteiger partial charge in [-0.25, -0.2) is 9.97 Å². The third kappa shape index (κ3) is 3.61. The zero-order chi connectivity index (χ0) is 22.4. The van der Waals surface area contributed by atoms with Gasteiger partial charge in [0.2, 0.25) is 0 Å². The molecule has 2 amide bonds. The summed E-state index contributed by atoms with van der Waals surface area (Å²) in [6.07, 6.45) is 4.44. The van der Waals surface area contributed by atoms with E-state index in [2.05, 4.69) is 21.4 Å². The molecule has 5 rings (SSSR count). The Hall–Kier alpha value is -3.04. The first-order valence-corrected chi connectivity index (χ1v) is 12.1. The Morgan fingerprint density at radius 2 is 2.06 bits per heavy atom. The minimum Gasteiger partial charge on any atom is -0.349 e. The van der Waals surface area contributed by atoms with E-state index in [9.17, 15) is 9.59 Å². The van der Waals surface area contributed by atoms with Crippen molar-refractivity contribution in [2.75, 3.05) is 13.1 Å². The Morgan fingerprint density at radius 3 is 2.78 bits per heavy atom. The van der Waals surface area contributed by atoms with Crippen LogP contribution in [0.2, 0.25) is 0 Å². The van der Waals surface area contributed by atoms with Crippen molar-refractivity contribution in [1.82, 2.24) is 24.6 Å². The summed E-state index contributed by atoms with van der Waals surface area (Å²) in [4.78, 5) is 39.1. The molecule has 0 bridgehead atoms. The predicted octanol–water partition coefficient (Wildman–Crippen LogP) is 4.09. The number of hydrogen-bond acceptors (Lipinski definition) is 6. The molecule has 0 spiro atoms. The van der Waals surface area contributed by atoms with Crippen LogP contribution in [0.25, 0.3) is 15.4 Å². The molecule has 0 aliphatic carbocycles. The molecule has 1 atom stereocenters. The van der Waals surface area contributed by atoms with Gasteiger partial charge in [0.15, 0.2) is 4.96 Å². The van der Waals surface area contributed by atoms with Crippen molar-refractivity contribution in [1.29, 1.82) is 0 Å². The van der Waals surface area contributed by atoms with Gasteiger partial charge in [0.25, 0.3) is 11.8 Å². The van der Waals surface area contributed by atoms with Crippen molar-refractivity contribution in [3.05, 3.63) is 63.5 Å². The van der Waals surface area contributed by atoms with Crippen LogP contribution in [-0.2, 0) is 0 Å². The highest BCUT2D eigenvalue weighted by atomic mass is 32.1. The fourth-order valence-corrected chi connectivity index (χ4v) is 5.92. The van der Waals surface area contributed by atoms with Gasteiger partial charge in [-0.2, -0.15) is 0 Å². The summed E-state index contributed by atoms with van der Waals surface area (Å²) in [5, 5.41) is 3.88. The number of amides is 2. The van der Waals surface area contributed by atoms with E-state index in [1.54, 1.807) is 17.5 Å². The summed E-state index contributed by atoms with van der Waals surface area (Å²) in [6, 6.07) is 8.12. The average Bonchev–Trinajstić information content (AvgIpc) is 3.43. The zero-order valence-electron chi connectivity index (χ0n) is 18.1. The number of nitrogens with zero attached hydrogens (tertiary/aromatic N) is 4. The molecule has 1 unspecified atom stereocenters. The molecule has 164 valence electrons. The minimum atomic E-state index is -0.123. The molecule has 0 radical (unpaired) electrons. The maximum atomic E-state index is 13.3. The first kappa shape index (κ1) is 20.8. The molecule has 1 aliphatic heterocycles. The zero-order valence-corrected chi connectivity index (χ0v) is 19.7. The number of nitrogens with one attached hydrogen (secondary N) is 1. The van der Waals surface area contributed by atoms with Crippen LogP contribution in [0.15, 0.2) is 36.7 Å². The van der Waals surface area contributed by atoms with Crippen LogP contribution >= 0.6 is 22.7 Å². The fourth-order valence-electron chi connectivity index (χ4n) is 4.01. The van der Waals surface area contributed by atoms with Crippen molar-refractivity contribution in [2.45, 2.75) is 33.2 Å². The number of carbonyl (C=O) groups is 2. The molecule has 32 heavy (non-hydrogen) atoms. The lowest BCUT2D eigenvalue weighted by Crippen LogP contribution is -2.56. The summed E-state index contributed by atoms with van der Waals surface area (Å²) >= 11 is 2.92. The Balaban J connectivity index is 1.29. The van der Waals surface area contributed by atoms with E-state index >= 15 is 0 Å². The van der Waals surface area contributed by atoms with Gasteiger partial charge in [-0.05, 0) is 32.8 Å². The van der Waals surface area contributed by atoms with Gasteiger partial charge in [-0.1, -0.05) is 41.2 Å². The van der Waals surface area contributed by atoms with Gasteiger partial charge in [0.05, 0.1) is 15.9 Å². The first-order chi connectivity index (χ1) is 15.4. The second kappa shape index (κ2) is 8.14. The summed E-state index contributed by atoms with van der Waals surface area (Å²) in [6.45, 7) is 6.98. The number of benzene rings is 1. The van der Waals surface area contributed by atoms with E-state index in [4.69, 9.17) is 0 Å². The number of aryl methyl sites for hydroxylation is 3. The molecule has 4 aromatic rings. The highest BCUT2D eigenvalue weighted by Crippen LogP contribution is 2.33. The molecule has 1 saturated heterocycles. The summed E-state index contributed by atoms with van der Waals surface area (Å²) in [5.74, 6) is -0.190. The van der Waals surface area contributed by atoms with Gasteiger partial charge >= 0.3 is 0 Å². The van der Waals surface area contributed by atoms with Crippen molar-refractivity contribution < 1.29 is 9.59 Å². The third-order valence-electron chi connectivity index (χ3n) is 5.82. The molecule has 1 aromatic carbocycles. The molecule has 1 aliphatic rings. The molecule has 9 heteroatoms. The quantitative estimate of drug-likeness (QED) is 0.482. The average molecular weight is 466 g/mol. The van der Waals surface area contributed by atoms with Crippen LogP contribution in [0.5, 0.6) is 0 Å². The number of hydrogen-bond donors (Lipinski definition) is 1. The molecule has 1 fully saturated rings. The van der Waals surface area contributed by atoms with Crippen LogP contribution in [0.1, 0.15) is 42.8 Å². The van der Waals surface area contributed by atoms with E-state index in [0.717, 1.165) is 38.1 Å². The van der Waals surface area contributed by atoms with E-state index < -0.39 is 0 Å². The molecular formula is C23H23N5O2S2. The van der Waals surface area contributed by atoms with Crippen molar-refractivity contribution in [3.63, 3.8) is 0 Å². The fraction of sp³-hybridized carbons (Fsp3) is 0.304. The minimum absolute atomic E-state index is 0.0248. The second-order valence-electron chi connectivity index (χ2n) is 8.03. The highest BCUT2D eigenvalue weighted by Gasteiger charge is 2.35. The lowest BCUT2D eigenvalue weighted by Gasteiger charge is -2.40. The van der Waals surface area contributed by atoms with E-state index in [1.165, 1.54) is 11.3 Å². The van der Waals surface area contributed by atoms with Gasteiger partial charge in [-0.15, -0.1) is 11.3 Å². The van der Waals surface area contributed by atoms with E-state index in [-0.39, 0.29) is 17.9 Å². The summed E-state index contributed by atoms with van der Waals surface area (Å²) in [7, 11) is 0. The second-order valence-corrected chi connectivity index (χ2v) is 10.2. The lowest BCUT2D eigenvalue weighted by atomic mass is 10.0. The van der Waals surface area contributed by atoms with Gasteiger partial charge < -0.3 is 10.2 Å². The SMILES string of the molecule is Cc1cccc(-c2sc(C)nc2C(=O)N2CCC2CNC(=O)c2sc3nccn3c2C)c1. The largest absolute Gasteiger partial charge is 0.349 e. The normalized spacial score (nSPS) is 15.7. The number of thiazole rings is 2. The maximum Gasteiger partial charge on any atom is 0.274 e. The van der Waals surface area contributed by atoms with E-state index in [0.29, 0.717) is 23.7 Å². The van der Waals surface area contributed by atoms with Gasteiger partial charge in [0.1, 0.15) is 10.6 Å². The number of fused-ring (bicyclic) bond motifs is 1. The van der Waals surface area contributed by atoms with Gasteiger partial charge in [0, 0.05) is 31.2 Å². The Kier molecular flexibility index (Phi) is 5.30. The van der Waals surface area contributed by atoms with Crippen LogP contribution in [-0.4, -0.2) is 50.2 Å². The van der Waals surface area contributed by atoms with Crippen LogP contribution in [0, 0.1) is 20.8 Å². The highest BCUT2D eigenvalue weighted by molar-refractivity contribution is 7.19. The molecule has 7 nitrogen and oxygen atoms in total. The van der Waals surface area contributed by atoms with Crippen molar-refractivity contribution in [3.8, 4) is 10.4 Å². The molecule has 1 N–H and O–H groups in total. The Morgan fingerprint density at radius 1 is 1.22 bits per heavy atom. The number of likely N-dealkylation sites (tertiary alicyclic amines) is 1. The Labute approximate surface area is 193 Å². The molecule has 0 saturated carbocycles. The van der Waals surface area contributed by atoms with Crippen LogP contribution in [0.3, 0.4) is 0 Å². The topological polar surface area (TPSA) is 79.6 Å². The number of rotatable bonds is 5. The third-order valence-corrected chi connectivity index (χ3v) is 8.01. The number of carbonyl (C=O) groups excluding carboxylic acids is 2.